The van der Waals surface area contributed by atoms with E-state index < -0.39 is 4.74 Å². The van der Waals surface area contributed by atoms with Gasteiger partial charge in [0.2, 0.25) is 0 Å². The fraction of sp³-hybridized carbons (Fsp3) is 1.00. The molecular formula is C10H15Cl2PS. The molecule has 0 radical (unpaired) electrons. The summed E-state index contributed by atoms with van der Waals surface area (Å²) in [5.74, 6) is 2.71. The SMILES string of the molecule is S=P(Cl)(Cl)C12CC3CC(CC(C3)C1)C2. The molecule has 0 aromatic rings. The second-order valence-electron chi connectivity index (χ2n) is 5.60. The molecule has 0 aromatic carbocycles. The molecule has 4 heteroatoms. The largest absolute Gasteiger partial charge is 0.125 e. The van der Waals surface area contributed by atoms with Gasteiger partial charge in [-0.15, -0.1) is 0 Å². The third-order valence-electron chi connectivity index (χ3n) is 4.56. The topological polar surface area (TPSA) is 0 Å². The van der Waals surface area contributed by atoms with Crippen molar-refractivity contribution in [3.8, 4) is 0 Å². The summed E-state index contributed by atoms with van der Waals surface area (Å²) in [4.78, 5) is 0. The van der Waals surface area contributed by atoms with Crippen molar-refractivity contribution in [2.75, 3.05) is 0 Å². The number of hydrogen-bond donors (Lipinski definition) is 0. The first-order chi connectivity index (χ1) is 6.48. The molecule has 4 aliphatic carbocycles. The summed E-state index contributed by atoms with van der Waals surface area (Å²) in [5.41, 5.74) is 0. The Labute approximate surface area is 100 Å². The summed E-state index contributed by atoms with van der Waals surface area (Å²) >= 11 is 18.1. The van der Waals surface area contributed by atoms with E-state index >= 15 is 0 Å². The van der Waals surface area contributed by atoms with E-state index in [1.54, 1.807) is 0 Å². The van der Waals surface area contributed by atoms with Crippen LogP contribution in [0.2, 0.25) is 0 Å². The van der Waals surface area contributed by atoms with Crippen LogP contribution in [-0.2, 0) is 11.8 Å². The second kappa shape index (κ2) is 3.13. The standard InChI is InChI=1S/C10H15Cl2PS/c11-13(12,14)10-4-7-1-8(5-10)3-9(2-7)6-10/h7-9H,1-6H2. The molecule has 4 aliphatic rings. The number of rotatable bonds is 1. The zero-order valence-electron chi connectivity index (χ0n) is 8.09. The highest BCUT2D eigenvalue weighted by Crippen LogP contribution is 2.77. The van der Waals surface area contributed by atoms with Gasteiger partial charge in [-0.3, -0.25) is 0 Å². The Morgan fingerprint density at radius 2 is 1.29 bits per heavy atom. The van der Waals surface area contributed by atoms with E-state index in [1.807, 2.05) is 0 Å². The lowest BCUT2D eigenvalue weighted by atomic mass is 9.56. The minimum atomic E-state index is -2.09. The molecule has 80 valence electrons. The second-order valence-corrected chi connectivity index (χ2v) is 13.9. The Morgan fingerprint density at radius 3 is 1.57 bits per heavy atom. The molecule has 0 saturated heterocycles. The summed E-state index contributed by atoms with van der Waals surface area (Å²) in [6.07, 6.45) is 8.02. The first-order valence-electron chi connectivity index (χ1n) is 5.48. The van der Waals surface area contributed by atoms with Crippen LogP contribution in [0.5, 0.6) is 0 Å². The van der Waals surface area contributed by atoms with E-state index in [0.29, 0.717) is 0 Å². The minimum Gasteiger partial charge on any atom is -0.0678 e. The van der Waals surface area contributed by atoms with Gasteiger partial charge in [0.15, 0.2) is 0 Å². The van der Waals surface area contributed by atoms with Crippen LogP contribution in [0.4, 0.5) is 0 Å². The van der Waals surface area contributed by atoms with E-state index in [9.17, 15) is 0 Å². The monoisotopic (exact) mass is 268 g/mol. The summed E-state index contributed by atoms with van der Waals surface area (Å²) in [5, 5.41) is 0.195. The summed E-state index contributed by atoms with van der Waals surface area (Å²) in [6.45, 7) is 0. The molecule has 4 fully saturated rings. The maximum Gasteiger partial charge on any atom is 0.125 e. The van der Waals surface area contributed by atoms with Crippen LogP contribution in [0.25, 0.3) is 0 Å². The van der Waals surface area contributed by atoms with Gasteiger partial charge in [-0.1, -0.05) is 34.3 Å². The summed E-state index contributed by atoms with van der Waals surface area (Å²) in [6, 6.07) is 0. The Morgan fingerprint density at radius 1 is 0.929 bits per heavy atom. The van der Waals surface area contributed by atoms with Gasteiger partial charge in [-0.2, -0.15) is 0 Å². The van der Waals surface area contributed by atoms with E-state index in [4.69, 9.17) is 34.3 Å². The Hall–Kier alpha value is 1.23. The predicted molar refractivity (Wildman–Crippen MR) is 66.9 cm³/mol. The minimum absolute atomic E-state index is 0.195. The van der Waals surface area contributed by atoms with E-state index in [0.717, 1.165) is 17.8 Å². The average molecular weight is 269 g/mol. The molecule has 4 bridgehead atoms. The van der Waals surface area contributed by atoms with Crippen molar-refractivity contribution < 1.29 is 0 Å². The molecule has 0 unspecified atom stereocenters. The van der Waals surface area contributed by atoms with Gasteiger partial charge in [-0.05, 0) is 56.3 Å². The maximum absolute atomic E-state index is 6.35. The van der Waals surface area contributed by atoms with Gasteiger partial charge < -0.3 is 0 Å². The summed E-state index contributed by atoms with van der Waals surface area (Å²) in [7, 11) is 0. The highest BCUT2D eigenvalue weighted by atomic mass is 35.9. The van der Waals surface area contributed by atoms with Crippen LogP contribution in [0.3, 0.4) is 0 Å². The van der Waals surface area contributed by atoms with Crippen LogP contribution in [-0.4, -0.2) is 5.16 Å². The van der Waals surface area contributed by atoms with Crippen LogP contribution in [0.1, 0.15) is 38.5 Å². The van der Waals surface area contributed by atoms with Gasteiger partial charge in [0.05, 0.1) is 0 Å². The maximum atomic E-state index is 6.35. The molecule has 0 heterocycles. The molecule has 0 N–H and O–H groups in total. The molecule has 4 rings (SSSR count). The van der Waals surface area contributed by atoms with Crippen molar-refractivity contribution in [1.82, 2.24) is 0 Å². The smallest absolute Gasteiger partial charge is 0.0678 e. The quantitative estimate of drug-likeness (QED) is 0.619. The van der Waals surface area contributed by atoms with Crippen molar-refractivity contribution in [3.05, 3.63) is 0 Å². The third-order valence-corrected chi connectivity index (χ3v) is 9.52. The molecule has 4 saturated carbocycles. The average Bonchev–Trinajstić information content (AvgIpc) is 1.98. The van der Waals surface area contributed by atoms with Crippen LogP contribution in [0.15, 0.2) is 0 Å². The van der Waals surface area contributed by atoms with E-state index in [-0.39, 0.29) is 5.16 Å². The first kappa shape index (κ1) is 10.4. The van der Waals surface area contributed by atoms with Crippen molar-refractivity contribution in [1.29, 1.82) is 0 Å². The summed E-state index contributed by atoms with van der Waals surface area (Å²) < 4.78 is -2.09. The molecular weight excluding hydrogens is 254 g/mol. The Kier molecular flexibility index (Phi) is 2.32. The lowest BCUT2D eigenvalue weighted by molar-refractivity contribution is 0.0368. The highest BCUT2D eigenvalue weighted by Gasteiger charge is 2.56. The van der Waals surface area contributed by atoms with Gasteiger partial charge in [0.1, 0.15) is 4.74 Å². The van der Waals surface area contributed by atoms with Gasteiger partial charge >= 0.3 is 0 Å². The number of hydrogen-bond acceptors (Lipinski definition) is 1. The molecule has 0 nitrogen and oxygen atoms in total. The van der Waals surface area contributed by atoms with Crippen LogP contribution < -0.4 is 0 Å². The van der Waals surface area contributed by atoms with Crippen LogP contribution >= 0.6 is 27.2 Å². The van der Waals surface area contributed by atoms with Gasteiger partial charge in [0.25, 0.3) is 0 Å². The van der Waals surface area contributed by atoms with Gasteiger partial charge in [0, 0.05) is 5.16 Å². The van der Waals surface area contributed by atoms with Crippen LogP contribution in [0, 0.1) is 17.8 Å². The van der Waals surface area contributed by atoms with Gasteiger partial charge in [-0.25, -0.2) is 0 Å². The zero-order chi connectivity index (χ0) is 9.97. The lowest BCUT2D eigenvalue weighted by Crippen LogP contribution is -2.48. The third kappa shape index (κ3) is 1.43. The number of halogens is 2. The molecule has 0 aromatic heterocycles. The molecule has 0 aliphatic heterocycles. The molecule has 0 atom stereocenters. The Bertz CT molecular complexity index is 274. The molecule has 0 amide bonds. The Balaban J connectivity index is 1.99. The zero-order valence-corrected chi connectivity index (χ0v) is 11.3. The normalized spacial score (nSPS) is 51.1. The van der Waals surface area contributed by atoms with E-state index in [1.165, 1.54) is 38.5 Å². The fourth-order valence-corrected chi connectivity index (χ4v) is 7.71. The highest BCUT2D eigenvalue weighted by molar-refractivity contribution is 8.39. The fourth-order valence-electron chi connectivity index (χ4n) is 4.38. The predicted octanol–water partition coefficient (Wildman–Crippen LogP) is 4.74. The van der Waals surface area contributed by atoms with Crippen molar-refractivity contribution in [2.45, 2.75) is 43.7 Å². The molecule has 0 spiro atoms. The van der Waals surface area contributed by atoms with E-state index in [2.05, 4.69) is 0 Å². The lowest BCUT2D eigenvalue weighted by Gasteiger charge is -2.57. The first-order valence-corrected chi connectivity index (χ1v) is 10.1. The molecule has 14 heavy (non-hydrogen) atoms. The van der Waals surface area contributed by atoms with Crippen molar-refractivity contribution in [3.63, 3.8) is 0 Å². The van der Waals surface area contributed by atoms with Crippen molar-refractivity contribution in [2.24, 2.45) is 17.8 Å². The van der Waals surface area contributed by atoms with Crippen molar-refractivity contribution >= 4 is 39.0 Å².